The Labute approximate surface area is 204 Å². The van der Waals surface area contributed by atoms with Crippen LogP contribution in [0.5, 0.6) is 0 Å². The van der Waals surface area contributed by atoms with E-state index in [0.29, 0.717) is 27.8 Å². The van der Waals surface area contributed by atoms with Gasteiger partial charge in [-0.05, 0) is 35.9 Å². The molecule has 0 saturated carbocycles. The Hall–Kier alpha value is -4.96. The van der Waals surface area contributed by atoms with Crippen LogP contribution in [0, 0.1) is 0 Å². The first-order valence-corrected chi connectivity index (χ1v) is 11.8. The zero-order chi connectivity index (χ0) is 24.0. The van der Waals surface area contributed by atoms with Gasteiger partial charge < -0.3 is 8.83 Å². The summed E-state index contributed by atoms with van der Waals surface area (Å²) in [6.07, 6.45) is 0. The highest BCUT2D eigenvalue weighted by atomic mass is 16.3. The quantitative estimate of drug-likeness (QED) is 0.247. The van der Waals surface area contributed by atoms with E-state index in [9.17, 15) is 9.59 Å². The molecule has 5 aromatic carbocycles. The van der Waals surface area contributed by atoms with Gasteiger partial charge in [-0.3, -0.25) is 9.59 Å². The first kappa shape index (κ1) is 19.4. The van der Waals surface area contributed by atoms with E-state index in [1.165, 1.54) is 0 Å². The Balaban J connectivity index is 1.47. The molecule has 0 radical (unpaired) electrons. The highest BCUT2D eigenvalue weighted by Crippen LogP contribution is 2.44. The van der Waals surface area contributed by atoms with Crippen molar-refractivity contribution in [3.8, 4) is 11.1 Å². The molecule has 4 heteroatoms. The number of fused-ring (bicyclic) bond motifs is 9. The second-order valence-corrected chi connectivity index (χ2v) is 9.17. The molecule has 2 aromatic heterocycles. The molecular weight excluding hydrogens is 448 g/mol. The van der Waals surface area contributed by atoms with Crippen molar-refractivity contribution in [1.29, 1.82) is 0 Å². The molecule has 1 aliphatic carbocycles. The van der Waals surface area contributed by atoms with E-state index in [1.807, 2.05) is 60.7 Å². The fourth-order valence-electron chi connectivity index (χ4n) is 5.55. The molecule has 0 fully saturated rings. The number of ketones is 2. The summed E-state index contributed by atoms with van der Waals surface area (Å²) in [5.74, 6) is -0.269. The van der Waals surface area contributed by atoms with E-state index in [0.717, 1.165) is 49.4 Å². The highest BCUT2D eigenvalue weighted by Gasteiger charge is 2.30. The molecule has 0 N–H and O–H groups in total. The van der Waals surface area contributed by atoms with Crippen molar-refractivity contribution in [2.45, 2.75) is 0 Å². The lowest BCUT2D eigenvalue weighted by atomic mass is 9.82. The fourth-order valence-corrected chi connectivity index (χ4v) is 5.55. The second kappa shape index (κ2) is 6.80. The van der Waals surface area contributed by atoms with Gasteiger partial charge in [0.15, 0.2) is 11.6 Å². The van der Waals surface area contributed by atoms with Crippen molar-refractivity contribution >= 4 is 55.4 Å². The molecule has 4 nitrogen and oxygen atoms in total. The van der Waals surface area contributed by atoms with Crippen molar-refractivity contribution in [1.82, 2.24) is 0 Å². The van der Waals surface area contributed by atoms with Gasteiger partial charge in [-0.25, -0.2) is 0 Å². The molecule has 7 aromatic rings. The van der Waals surface area contributed by atoms with Crippen LogP contribution in [-0.4, -0.2) is 11.6 Å². The van der Waals surface area contributed by atoms with Crippen LogP contribution in [0.25, 0.3) is 55.0 Å². The molecule has 0 amide bonds. The third-order valence-corrected chi connectivity index (χ3v) is 7.23. The van der Waals surface area contributed by atoms with Crippen LogP contribution in [0.1, 0.15) is 31.8 Å². The average Bonchev–Trinajstić information content (AvgIpc) is 3.49. The minimum absolute atomic E-state index is 0.128. The summed E-state index contributed by atoms with van der Waals surface area (Å²) in [5, 5.41) is 3.86. The Morgan fingerprint density at radius 1 is 0.444 bits per heavy atom. The molecule has 8 rings (SSSR count). The number of hydrogen-bond donors (Lipinski definition) is 0. The number of carbonyl (C=O) groups excluding carboxylic acids is 2. The van der Waals surface area contributed by atoms with Gasteiger partial charge in [0.05, 0.1) is 5.39 Å². The molecule has 1 aliphatic rings. The fraction of sp³-hybridized carbons (Fsp3) is 0. The molecule has 36 heavy (non-hydrogen) atoms. The standard InChI is InChI=1S/C32H16O4/c33-29-19-8-1-2-9-20(19)30(34)24-15-17(13-14-21(24)29)23-16-25-18-7-3-5-11-26(18)35-32(25)28-22-10-4-6-12-27(22)36-31(23)28/h1-16H. The third-order valence-electron chi connectivity index (χ3n) is 7.23. The smallest absolute Gasteiger partial charge is 0.194 e. The normalized spacial score (nSPS) is 13.1. The second-order valence-electron chi connectivity index (χ2n) is 9.17. The van der Waals surface area contributed by atoms with Gasteiger partial charge >= 0.3 is 0 Å². The van der Waals surface area contributed by atoms with E-state index >= 15 is 0 Å². The number of carbonyl (C=O) groups is 2. The molecular formula is C32H16O4. The maximum absolute atomic E-state index is 13.4. The molecule has 168 valence electrons. The summed E-state index contributed by atoms with van der Waals surface area (Å²) >= 11 is 0. The van der Waals surface area contributed by atoms with Gasteiger partial charge in [-0.2, -0.15) is 0 Å². The largest absolute Gasteiger partial charge is 0.455 e. The maximum atomic E-state index is 13.4. The number of rotatable bonds is 1. The Bertz CT molecular complexity index is 2090. The molecule has 2 heterocycles. The topological polar surface area (TPSA) is 60.4 Å². The Morgan fingerprint density at radius 3 is 1.81 bits per heavy atom. The average molecular weight is 464 g/mol. The van der Waals surface area contributed by atoms with Gasteiger partial charge in [-0.15, -0.1) is 0 Å². The van der Waals surface area contributed by atoms with Crippen LogP contribution in [0.3, 0.4) is 0 Å². The number of benzene rings is 5. The number of hydrogen-bond acceptors (Lipinski definition) is 4. The summed E-state index contributed by atoms with van der Waals surface area (Å²) in [6.45, 7) is 0. The van der Waals surface area contributed by atoms with Crippen LogP contribution >= 0.6 is 0 Å². The van der Waals surface area contributed by atoms with Gasteiger partial charge in [0.1, 0.15) is 22.3 Å². The van der Waals surface area contributed by atoms with E-state index in [2.05, 4.69) is 6.07 Å². The van der Waals surface area contributed by atoms with E-state index in [-0.39, 0.29) is 11.6 Å². The predicted octanol–water partition coefficient (Wildman–Crippen LogP) is 7.93. The number of para-hydroxylation sites is 2. The van der Waals surface area contributed by atoms with Gasteiger partial charge in [0, 0.05) is 44.0 Å². The first-order valence-electron chi connectivity index (χ1n) is 11.8. The van der Waals surface area contributed by atoms with Crippen molar-refractivity contribution in [3.05, 3.63) is 119 Å². The van der Waals surface area contributed by atoms with E-state index < -0.39 is 0 Å². The van der Waals surface area contributed by atoms with Crippen LogP contribution in [0.15, 0.2) is 106 Å². The zero-order valence-electron chi connectivity index (χ0n) is 18.9. The molecule has 0 atom stereocenters. The highest BCUT2D eigenvalue weighted by molar-refractivity contribution is 6.29. The van der Waals surface area contributed by atoms with Crippen molar-refractivity contribution < 1.29 is 18.4 Å². The predicted molar refractivity (Wildman–Crippen MR) is 140 cm³/mol. The van der Waals surface area contributed by atoms with E-state index in [4.69, 9.17) is 8.83 Å². The Morgan fingerprint density at radius 2 is 1.03 bits per heavy atom. The van der Waals surface area contributed by atoms with Crippen LogP contribution < -0.4 is 0 Å². The van der Waals surface area contributed by atoms with Crippen molar-refractivity contribution in [2.24, 2.45) is 0 Å². The summed E-state index contributed by atoms with van der Waals surface area (Å²) in [4.78, 5) is 26.5. The lowest BCUT2D eigenvalue weighted by molar-refractivity contribution is 0.0979. The van der Waals surface area contributed by atoms with Crippen molar-refractivity contribution in [2.75, 3.05) is 0 Å². The summed E-state index contributed by atoms with van der Waals surface area (Å²) in [7, 11) is 0. The maximum Gasteiger partial charge on any atom is 0.194 e. The van der Waals surface area contributed by atoms with Crippen LogP contribution in [-0.2, 0) is 0 Å². The van der Waals surface area contributed by atoms with Crippen molar-refractivity contribution in [3.63, 3.8) is 0 Å². The molecule has 0 unspecified atom stereocenters. The zero-order valence-corrected chi connectivity index (χ0v) is 18.9. The van der Waals surface area contributed by atoms with Crippen LogP contribution in [0.4, 0.5) is 0 Å². The molecule has 0 bridgehead atoms. The van der Waals surface area contributed by atoms with Gasteiger partial charge in [0.25, 0.3) is 0 Å². The summed E-state index contributed by atoms with van der Waals surface area (Å²) in [6, 6.07) is 30.4. The lowest BCUT2D eigenvalue weighted by Gasteiger charge is -2.18. The van der Waals surface area contributed by atoms with Gasteiger partial charge in [0.2, 0.25) is 0 Å². The SMILES string of the molecule is O=C1c2ccccc2C(=O)c2cc(-c3cc4c5ccccc5oc4c4c3oc3ccccc34)ccc21. The number of furan rings is 2. The summed E-state index contributed by atoms with van der Waals surface area (Å²) < 4.78 is 12.7. The lowest BCUT2D eigenvalue weighted by Crippen LogP contribution is -2.20. The minimum Gasteiger partial charge on any atom is -0.455 e. The molecule has 0 saturated heterocycles. The first-order chi connectivity index (χ1) is 17.7. The Kier molecular flexibility index (Phi) is 3.66. The third kappa shape index (κ3) is 2.42. The van der Waals surface area contributed by atoms with E-state index in [1.54, 1.807) is 30.3 Å². The molecule has 0 aliphatic heterocycles. The summed E-state index contributed by atoms with van der Waals surface area (Å²) in [5.41, 5.74) is 6.43. The minimum atomic E-state index is -0.141. The van der Waals surface area contributed by atoms with Crippen LogP contribution in [0.2, 0.25) is 0 Å². The molecule has 0 spiro atoms. The monoisotopic (exact) mass is 464 g/mol. The van der Waals surface area contributed by atoms with Gasteiger partial charge in [-0.1, -0.05) is 66.7 Å².